The van der Waals surface area contributed by atoms with Gasteiger partial charge in [0.25, 0.3) is 0 Å². The summed E-state index contributed by atoms with van der Waals surface area (Å²) in [7, 11) is 0. The second-order valence-corrected chi connectivity index (χ2v) is 4.22. The average Bonchev–Trinajstić information content (AvgIpc) is 2.78. The minimum Gasteiger partial charge on any atom is -0.493 e. The van der Waals surface area contributed by atoms with Crippen molar-refractivity contribution in [1.82, 2.24) is 10.2 Å². The molecule has 0 radical (unpaired) electrons. The molecule has 0 spiro atoms. The van der Waals surface area contributed by atoms with Gasteiger partial charge in [-0.3, -0.25) is 5.10 Å². The third-order valence-electron chi connectivity index (χ3n) is 2.76. The van der Waals surface area contributed by atoms with Crippen molar-refractivity contribution in [3.8, 4) is 17.0 Å². The molecule has 0 aliphatic heterocycles. The molecule has 0 unspecified atom stereocenters. The molecule has 0 aliphatic carbocycles. The lowest BCUT2D eigenvalue weighted by Crippen LogP contribution is -2.01. The molecular formula is C14H16N2O3. The fourth-order valence-electron chi connectivity index (χ4n) is 1.89. The number of benzene rings is 1. The largest absolute Gasteiger partial charge is 0.493 e. The first-order valence-corrected chi connectivity index (χ1v) is 6.15. The second kappa shape index (κ2) is 5.56. The lowest BCUT2D eigenvalue weighted by atomic mass is 10.1. The number of hydrogen-bond donors (Lipinski definition) is 2. The van der Waals surface area contributed by atoms with Gasteiger partial charge in [0.05, 0.1) is 6.61 Å². The van der Waals surface area contributed by atoms with Crippen LogP contribution in [0.2, 0.25) is 0 Å². The van der Waals surface area contributed by atoms with Crippen molar-refractivity contribution in [2.24, 2.45) is 0 Å². The number of carboxylic acid groups (broad SMARTS) is 1. The number of aromatic carboxylic acids is 1. The highest BCUT2D eigenvalue weighted by Gasteiger charge is 2.20. The van der Waals surface area contributed by atoms with E-state index in [0.29, 0.717) is 29.3 Å². The number of aromatic amines is 1. The Morgan fingerprint density at radius 3 is 2.84 bits per heavy atom. The summed E-state index contributed by atoms with van der Waals surface area (Å²) in [5, 5.41) is 16.1. The molecule has 100 valence electrons. The molecule has 0 amide bonds. The summed E-state index contributed by atoms with van der Waals surface area (Å²) < 4.78 is 5.64. The Labute approximate surface area is 111 Å². The molecule has 19 heavy (non-hydrogen) atoms. The van der Waals surface area contributed by atoms with Gasteiger partial charge in [-0.1, -0.05) is 19.1 Å². The zero-order chi connectivity index (χ0) is 13.8. The molecule has 0 bridgehead atoms. The van der Waals surface area contributed by atoms with Crippen LogP contribution in [0.5, 0.6) is 5.75 Å². The SMILES string of the molecule is CCCOc1ccccc1-c1n[nH]c(C)c1C(=O)O. The predicted octanol–water partition coefficient (Wildman–Crippen LogP) is 2.87. The topological polar surface area (TPSA) is 75.2 Å². The molecule has 2 rings (SSSR count). The third kappa shape index (κ3) is 2.59. The lowest BCUT2D eigenvalue weighted by molar-refractivity contribution is 0.0697. The van der Waals surface area contributed by atoms with E-state index in [1.165, 1.54) is 0 Å². The van der Waals surface area contributed by atoms with E-state index in [0.717, 1.165) is 6.42 Å². The summed E-state index contributed by atoms with van der Waals surface area (Å²) >= 11 is 0. The summed E-state index contributed by atoms with van der Waals surface area (Å²) in [4.78, 5) is 11.3. The first-order valence-electron chi connectivity index (χ1n) is 6.15. The number of aromatic nitrogens is 2. The van der Waals surface area contributed by atoms with Gasteiger partial charge in [-0.25, -0.2) is 4.79 Å². The summed E-state index contributed by atoms with van der Waals surface area (Å²) in [6.07, 6.45) is 0.889. The smallest absolute Gasteiger partial charge is 0.339 e. The predicted molar refractivity (Wildman–Crippen MR) is 71.5 cm³/mol. The summed E-state index contributed by atoms with van der Waals surface area (Å²) in [5.74, 6) is -0.343. The maximum Gasteiger partial charge on any atom is 0.339 e. The monoisotopic (exact) mass is 260 g/mol. The summed E-state index contributed by atoms with van der Waals surface area (Å²) in [6, 6.07) is 7.33. The van der Waals surface area contributed by atoms with E-state index in [1.807, 2.05) is 31.2 Å². The van der Waals surface area contributed by atoms with Crippen LogP contribution in [0, 0.1) is 6.92 Å². The highest BCUT2D eigenvalue weighted by Crippen LogP contribution is 2.31. The molecule has 0 aliphatic rings. The molecule has 1 aromatic carbocycles. The maximum absolute atomic E-state index is 11.3. The summed E-state index contributed by atoms with van der Waals surface area (Å²) in [6.45, 7) is 4.29. The molecule has 1 aromatic heterocycles. The fraction of sp³-hybridized carbons (Fsp3) is 0.286. The van der Waals surface area contributed by atoms with Gasteiger partial charge in [0.2, 0.25) is 0 Å². The van der Waals surface area contributed by atoms with Gasteiger partial charge in [0.1, 0.15) is 17.0 Å². The van der Waals surface area contributed by atoms with Crippen molar-refractivity contribution in [2.45, 2.75) is 20.3 Å². The van der Waals surface area contributed by atoms with E-state index in [-0.39, 0.29) is 5.56 Å². The van der Waals surface area contributed by atoms with Gasteiger partial charge < -0.3 is 9.84 Å². The Hall–Kier alpha value is -2.30. The molecule has 5 heteroatoms. The Morgan fingerprint density at radius 1 is 1.42 bits per heavy atom. The minimum atomic E-state index is -0.994. The van der Waals surface area contributed by atoms with Gasteiger partial charge >= 0.3 is 5.97 Å². The lowest BCUT2D eigenvalue weighted by Gasteiger charge is -2.09. The van der Waals surface area contributed by atoms with Crippen molar-refractivity contribution >= 4 is 5.97 Å². The molecule has 5 nitrogen and oxygen atoms in total. The Morgan fingerprint density at radius 2 is 2.16 bits per heavy atom. The van der Waals surface area contributed by atoms with E-state index in [1.54, 1.807) is 6.92 Å². The number of nitrogens with one attached hydrogen (secondary N) is 1. The van der Waals surface area contributed by atoms with Gasteiger partial charge in [-0.2, -0.15) is 5.10 Å². The second-order valence-electron chi connectivity index (χ2n) is 4.22. The number of nitrogens with zero attached hydrogens (tertiary/aromatic N) is 1. The van der Waals surface area contributed by atoms with Gasteiger partial charge in [0.15, 0.2) is 0 Å². The standard InChI is InChI=1S/C14H16N2O3/c1-3-8-19-11-7-5-4-6-10(11)13-12(14(17)18)9(2)15-16-13/h4-7H,3,8H2,1-2H3,(H,15,16)(H,17,18). The number of hydrogen-bond acceptors (Lipinski definition) is 3. The van der Waals surface area contributed by atoms with Crippen LogP contribution < -0.4 is 4.74 Å². The first-order chi connectivity index (χ1) is 9.15. The first kappa shape index (κ1) is 13.1. The zero-order valence-electron chi connectivity index (χ0n) is 10.9. The van der Waals surface area contributed by atoms with Crippen LogP contribution in [-0.2, 0) is 0 Å². The molecule has 0 fully saturated rings. The van der Waals surface area contributed by atoms with Crippen molar-refractivity contribution in [2.75, 3.05) is 6.61 Å². The van der Waals surface area contributed by atoms with Gasteiger partial charge in [-0.15, -0.1) is 0 Å². The third-order valence-corrected chi connectivity index (χ3v) is 2.76. The zero-order valence-corrected chi connectivity index (χ0v) is 10.9. The van der Waals surface area contributed by atoms with E-state index in [9.17, 15) is 9.90 Å². The fourth-order valence-corrected chi connectivity index (χ4v) is 1.89. The molecule has 2 N–H and O–H groups in total. The Balaban J connectivity index is 2.50. The number of carbonyl (C=O) groups is 1. The van der Waals surface area contributed by atoms with E-state index in [2.05, 4.69) is 10.2 Å². The van der Waals surface area contributed by atoms with E-state index < -0.39 is 5.97 Å². The van der Waals surface area contributed by atoms with E-state index >= 15 is 0 Å². The van der Waals surface area contributed by atoms with Gasteiger partial charge in [0, 0.05) is 11.3 Å². The van der Waals surface area contributed by atoms with Crippen LogP contribution in [0.1, 0.15) is 29.4 Å². The average molecular weight is 260 g/mol. The van der Waals surface area contributed by atoms with E-state index in [4.69, 9.17) is 4.74 Å². The number of para-hydroxylation sites is 1. The van der Waals surface area contributed by atoms with Crippen molar-refractivity contribution in [1.29, 1.82) is 0 Å². The Kier molecular flexibility index (Phi) is 3.85. The quantitative estimate of drug-likeness (QED) is 0.866. The minimum absolute atomic E-state index is 0.188. The normalized spacial score (nSPS) is 10.4. The number of rotatable bonds is 5. The Bertz CT molecular complexity index is 590. The molecule has 2 aromatic rings. The number of H-pyrrole nitrogens is 1. The molecular weight excluding hydrogens is 244 g/mol. The van der Waals surface area contributed by atoms with Crippen LogP contribution in [0.4, 0.5) is 0 Å². The summed E-state index contributed by atoms with van der Waals surface area (Å²) in [5.41, 5.74) is 1.83. The highest BCUT2D eigenvalue weighted by molar-refractivity contribution is 5.96. The van der Waals surface area contributed by atoms with Crippen LogP contribution >= 0.6 is 0 Å². The van der Waals surface area contributed by atoms with Crippen molar-refractivity contribution in [3.63, 3.8) is 0 Å². The molecule has 0 saturated heterocycles. The van der Waals surface area contributed by atoms with Crippen molar-refractivity contribution < 1.29 is 14.6 Å². The molecule has 1 heterocycles. The molecule has 0 saturated carbocycles. The van der Waals surface area contributed by atoms with Crippen molar-refractivity contribution in [3.05, 3.63) is 35.5 Å². The highest BCUT2D eigenvalue weighted by atomic mass is 16.5. The van der Waals surface area contributed by atoms with Crippen LogP contribution in [0.15, 0.2) is 24.3 Å². The number of aryl methyl sites for hydroxylation is 1. The molecule has 0 atom stereocenters. The van der Waals surface area contributed by atoms with Crippen LogP contribution in [0.25, 0.3) is 11.3 Å². The number of carboxylic acids is 1. The van der Waals surface area contributed by atoms with Crippen LogP contribution in [-0.4, -0.2) is 27.9 Å². The van der Waals surface area contributed by atoms with Crippen LogP contribution in [0.3, 0.4) is 0 Å². The maximum atomic E-state index is 11.3. The van der Waals surface area contributed by atoms with Gasteiger partial charge in [-0.05, 0) is 25.5 Å². The number of ether oxygens (including phenoxy) is 1.